The summed E-state index contributed by atoms with van der Waals surface area (Å²) in [5, 5.41) is 2.17. The molecule has 11 heavy (non-hydrogen) atoms. The molecule has 0 aromatic carbocycles. The van der Waals surface area contributed by atoms with E-state index in [1.165, 1.54) is 10.7 Å². The second-order valence-electron chi connectivity index (χ2n) is 2.63. The topological polar surface area (TPSA) is 13.1 Å². The molecule has 2 atom stereocenters. The van der Waals surface area contributed by atoms with Gasteiger partial charge in [-0.25, -0.2) is 0 Å². The molecule has 0 bridgehead atoms. The lowest BCUT2D eigenvalue weighted by molar-refractivity contribution is 0.495. The van der Waals surface area contributed by atoms with E-state index < -0.39 is 0 Å². The van der Waals surface area contributed by atoms with Crippen molar-refractivity contribution in [3.8, 4) is 0 Å². The quantitative estimate of drug-likeness (QED) is 0.612. The average Bonchev–Trinajstić information content (AvgIpc) is 2.52. The molecule has 3 heteroatoms. The molecular formula is C8H6OS2. The van der Waals surface area contributed by atoms with E-state index in [-0.39, 0.29) is 0 Å². The molecule has 56 valence electrons. The molecule has 0 aliphatic carbocycles. The summed E-state index contributed by atoms with van der Waals surface area (Å²) in [5.74, 6) is 1.70. The Balaban J connectivity index is 2.14. The highest BCUT2D eigenvalue weighted by molar-refractivity contribution is 8.18. The number of rotatable bonds is 0. The molecular weight excluding hydrogens is 176 g/mol. The molecule has 0 radical (unpaired) electrons. The number of hydrogen-bond acceptors (Lipinski definition) is 3. The van der Waals surface area contributed by atoms with Crippen molar-refractivity contribution >= 4 is 23.5 Å². The van der Waals surface area contributed by atoms with Gasteiger partial charge in [-0.1, -0.05) is 6.08 Å². The van der Waals surface area contributed by atoms with Crippen molar-refractivity contribution in [2.45, 2.75) is 15.4 Å². The molecule has 0 saturated heterocycles. The summed E-state index contributed by atoms with van der Waals surface area (Å²) < 4.78 is 6.06. The van der Waals surface area contributed by atoms with Gasteiger partial charge in [0.15, 0.2) is 0 Å². The molecule has 0 N–H and O–H groups in total. The average molecular weight is 182 g/mol. The Bertz CT molecular complexity index is 316. The number of thioether (sulfide) groups is 2. The van der Waals surface area contributed by atoms with Crippen LogP contribution in [0.5, 0.6) is 0 Å². The van der Waals surface area contributed by atoms with Gasteiger partial charge >= 0.3 is 0 Å². The summed E-state index contributed by atoms with van der Waals surface area (Å²) in [5.41, 5.74) is 0. The largest absolute Gasteiger partial charge is 0.467 e. The summed E-state index contributed by atoms with van der Waals surface area (Å²) in [4.78, 5) is 1.33. The maximum Gasteiger partial charge on any atom is 0.126 e. The maximum absolute atomic E-state index is 5.40. The first kappa shape index (κ1) is 6.26. The van der Waals surface area contributed by atoms with Crippen LogP contribution in [0.3, 0.4) is 0 Å². The first-order valence-electron chi connectivity index (χ1n) is 3.51. The summed E-state index contributed by atoms with van der Waals surface area (Å²) in [6.45, 7) is 0. The predicted octanol–water partition coefficient (Wildman–Crippen LogP) is 3.06. The zero-order valence-corrected chi connectivity index (χ0v) is 7.32. The van der Waals surface area contributed by atoms with E-state index >= 15 is 0 Å². The van der Waals surface area contributed by atoms with Crippen LogP contribution in [0.15, 0.2) is 33.1 Å². The van der Waals surface area contributed by atoms with Gasteiger partial charge in [-0.3, -0.25) is 0 Å². The highest BCUT2D eigenvalue weighted by Crippen LogP contribution is 2.54. The molecule has 1 nitrogen and oxygen atoms in total. The van der Waals surface area contributed by atoms with E-state index in [1.54, 1.807) is 6.26 Å². The van der Waals surface area contributed by atoms with Crippen LogP contribution >= 0.6 is 23.5 Å². The zero-order valence-electron chi connectivity index (χ0n) is 5.69. The van der Waals surface area contributed by atoms with Gasteiger partial charge in [0.1, 0.15) is 5.76 Å². The number of fused-ring (bicyclic) bond motifs is 3. The van der Waals surface area contributed by atoms with E-state index in [9.17, 15) is 0 Å². The van der Waals surface area contributed by atoms with Crippen LogP contribution in [0.2, 0.25) is 0 Å². The molecule has 2 unspecified atom stereocenters. The van der Waals surface area contributed by atoms with Crippen LogP contribution in [0.1, 0.15) is 11.7 Å². The normalized spacial score (nSPS) is 32.4. The third-order valence-electron chi connectivity index (χ3n) is 1.99. The van der Waals surface area contributed by atoms with Gasteiger partial charge in [0.05, 0.1) is 21.7 Å². The number of furan rings is 1. The zero-order chi connectivity index (χ0) is 7.26. The van der Waals surface area contributed by atoms with Gasteiger partial charge in [-0.05, 0) is 11.5 Å². The van der Waals surface area contributed by atoms with Gasteiger partial charge in [-0.2, -0.15) is 0 Å². The van der Waals surface area contributed by atoms with Crippen LogP contribution in [0.4, 0.5) is 0 Å². The fourth-order valence-electron chi connectivity index (χ4n) is 1.47. The maximum atomic E-state index is 5.40. The van der Waals surface area contributed by atoms with Crippen molar-refractivity contribution < 1.29 is 4.42 Å². The smallest absolute Gasteiger partial charge is 0.126 e. The Hall–Kier alpha value is -0.280. The summed E-state index contributed by atoms with van der Waals surface area (Å²) >= 11 is 3.82. The molecule has 0 fully saturated rings. The Morgan fingerprint density at radius 3 is 3.45 bits per heavy atom. The molecule has 0 spiro atoms. The monoisotopic (exact) mass is 182 g/mol. The van der Waals surface area contributed by atoms with E-state index in [1.807, 2.05) is 23.5 Å². The SMILES string of the molecule is C1=CC2c3occc3SC2S1. The first-order valence-corrected chi connectivity index (χ1v) is 5.33. The second kappa shape index (κ2) is 2.11. The number of hydrogen-bond donors (Lipinski definition) is 0. The van der Waals surface area contributed by atoms with Gasteiger partial charge in [0.2, 0.25) is 0 Å². The number of allylic oxidation sites excluding steroid dienone is 1. The highest BCUT2D eigenvalue weighted by Gasteiger charge is 2.37. The highest BCUT2D eigenvalue weighted by atomic mass is 32.2. The van der Waals surface area contributed by atoms with Gasteiger partial charge in [0, 0.05) is 0 Å². The van der Waals surface area contributed by atoms with Crippen molar-refractivity contribution in [1.82, 2.24) is 0 Å². The van der Waals surface area contributed by atoms with Crippen molar-refractivity contribution in [3.63, 3.8) is 0 Å². The van der Waals surface area contributed by atoms with Gasteiger partial charge in [0.25, 0.3) is 0 Å². The van der Waals surface area contributed by atoms with Crippen molar-refractivity contribution in [2.24, 2.45) is 0 Å². The Morgan fingerprint density at radius 2 is 2.45 bits per heavy atom. The van der Waals surface area contributed by atoms with Gasteiger partial charge in [-0.15, -0.1) is 23.5 Å². The lowest BCUT2D eigenvalue weighted by atomic mass is 10.1. The fraction of sp³-hybridized carbons (Fsp3) is 0.250. The van der Waals surface area contributed by atoms with Crippen molar-refractivity contribution in [1.29, 1.82) is 0 Å². The van der Waals surface area contributed by atoms with Gasteiger partial charge < -0.3 is 4.42 Å². The van der Waals surface area contributed by atoms with E-state index in [0.29, 0.717) is 10.5 Å². The third-order valence-corrected chi connectivity index (χ3v) is 4.61. The fourth-order valence-corrected chi connectivity index (χ4v) is 4.04. The van der Waals surface area contributed by atoms with Crippen LogP contribution in [-0.4, -0.2) is 4.58 Å². The molecule has 1 aromatic rings. The Labute approximate surface area is 73.2 Å². The third kappa shape index (κ3) is 0.754. The molecule has 3 heterocycles. The summed E-state index contributed by atoms with van der Waals surface area (Å²) in [7, 11) is 0. The lowest BCUT2D eigenvalue weighted by Crippen LogP contribution is -1.96. The Kier molecular flexibility index (Phi) is 1.20. The van der Waals surface area contributed by atoms with Crippen molar-refractivity contribution in [3.05, 3.63) is 29.6 Å². The standard InChI is InChI=1S/C8H6OS2/c1-3-9-7-5-2-4-10-8(5)11-6(1)7/h1-5,8H. The predicted molar refractivity (Wildman–Crippen MR) is 47.8 cm³/mol. The van der Waals surface area contributed by atoms with Crippen LogP contribution < -0.4 is 0 Å². The molecule has 2 aliphatic heterocycles. The van der Waals surface area contributed by atoms with E-state index in [4.69, 9.17) is 4.42 Å². The van der Waals surface area contributed by atoms with E-state index in [0.717, 1.165) is 0 Å². The minimum absolute atomic E-state index is 0.537. The molecule has 1 aromatic heterocycles. The molecule has 0 saturated carbocycles. The van der Waals surface area contributed by atoms with Crippen molar-refractivity contribution in [2.75, 3.05) is 0 Å². The lowest BCUT2D eigenvalue weighted by Gasteiger charge is -2.03. The summed E-state index contributed by atoms with van der Waals surface area (Å²) in [6, 6.07) is 2.06. The Morgan fingerprint density at radius 1 is 1.45 bits per heavy atom. The van der Waals surface area contributed by atoms with Crippen LogP contribution in [-0.2, 0) is 0 Å². The second-order valence-corrected chi connectivity index (χ2v) is 5.16. The van der Waals surface area contributed by atoms with E-state index in [2.05, 4.69) is 17.6 Å². The molecule has 2 aliphatic rings. The molecule has 0 amide bonds. The van der Waals surface area contributed by atoms with Crippen LogP contribution in [0.25, 0.3) is 0 Å². The van der Waals surface area contributed by atoms with Crippen LogP contribution in [0, 0.1) is 0 Å². The summed E-state index contributed by atoms with van der Waals surface area (Å²) in [6.07, 6.45) is 4.02. The minimum atomic E-state index is 0.537. The minimum Gasteiger partial charge on any atom is -0.467 e. The molecule has 3 rings (SSSR count). The first-order chi connectivity index (χ1) is 5.45.